The lowest BCUT2D eigenvalue weighted by Crippen LogP contribution is -1.84. The third kappa shape index (κ3) is 3.01. The number of benzene rings is 1. The van der Waals surface area contributed by atoms with Crippen molar-refractivity contribution in [3.8, 4) is 0 Å². The second-order valence-electron chi connectivity index (χ2n) is 4.15. The Kier molecular flexibility index (Phi) is 4.58. The topological polar surface area (TPSA) is 0 Å². The van der Waals surface area contributed by atoms with Crippen LogP contribution < -0.4 is 0 Å². The minimum atomic E-state index is 1.07. The maximum atomic E-state index is 3.62. The largest absolute Gasteiger partial charge is 0.143 e. The van der Waals surface area contributed by atoms with Gasteiger partial charge in [-0.05, 0) is 35.4 Å². The van der Waals surface area contributed by atoms with E-state index in [1.807, 2.05) is 0 Å². The van der Waals surface area contributed by atoms with Gasteiger partial charge in [0, 0.05) is 10.5 Å². The third-order valence-electron chi connectivity index (χ3n) is 2.99. The van der Waals surface area contributed by atoms with Crippen LogP contribution in [0.15, 0.2) is 59.1 Å². The lowest BCUT2D eigenvalue weighted by atomic mass is 10.0. The second kappa shape index (κ2) is 6.39. The molecule has 18 heavy (non-hydrogen) atoms. The fourth-order valence-electron chi connectivity index (χ4n) is 1.91. The first-order valence-corrected chi connectivity index (χ1v) is 7.31. The fourth-order valence-corrected chi connectivity index (χ4v) is 2.65. The van der Waals surface area contributed by atoms with Crippen LogP contribution in [0.25, 0.3) is 5.57 Å². The summed E-state index contributed by atoms with van der Waals surface area (Å²) in [4.78, 5) is 1.29. The highest BCUT2D eigenvalue weighted by atomic mass is 32.1. The molecule has 92 valence electrons. The van der Waals surface area contributed by atoms with Crippen molar-refractivity contribution in [3.05, 3.63) is 69.6 Å². The minimum Gasteiger partial charge on any atom is -0.143 e. The van der Waals surface area contributed by atoms with Crippen molar-refractivity contribution in [2.24, 2.45) is 0 Å². The van der Waals surface area contributed by atoms with Crippen LogP contribution in [0.3, 0.4) is 0 Å². The van der Waals surface area contributed by atoms with Gasteiger partial charge >= 0.3 is 0 Å². The van der Waals surface area contributed by atoms with Crippen LogP contribution in [0.2, 0.25) is 0 Å². The maximum Gasteiger partial charge on any atom is 0.0426 e. The summed E-state index contributed by atoms with van der Waals surface area (Å²) in [6.45, 7) is 4.39. The molecule has 0 spiro atoms. The average molecular weight is 254 g/mol. The average Bonchev–Trinajstić information content (AvgIpc) is 2.95. The zero-order valence-electron chi connectivity index (χ0n) is 10.9. The highest BCUT2D eigenvalue weighted by molar-refractivity contribution is 7.11. The summed E-state index contributed by atoms with van der Waals surface area (Å²) in [7, 11) is 0. The van der Waals surface area contributed by atoms with E-state index in [-0.39, 0.29) is 0 Å². The van der Waals surface area contributed by atoms with Gasteiger partial charge in [0.2, 0.25) is 0 Å². The molecule has 0 atom stereocenters. The summed E-state index contributed by atoms with van der Waals surface area (Å²) in [6.07, 6.45) is 2.14. The fraction of sp³-hybridized carbons (Fsp3) is 0.235. The van der Waals surface area contributed by atoms with E-state index in [4.69, 9.17) is 0 Å². The van der Waals surface area contributed by atoms with Crippen LogP contribution in [0.5, 0.6) is 0 Å². The van der Waals surface area contributed by atoms with E-state index in [9.17, 15) is 0 Å². The van der Waals surface area contributed by atoms with E-state index in [0.717, 1.165) is 12.8 Å². The van der Waals surface area contributed by atoms with Gasteiger partial charge in [-0.1, -0.05) is 50.2 Å². The van der Waals surface area contributed by atoms with Crippen LogP contribution in [-0.2, 0) is 0 Å². The van der Waals surface area contributed by atoms with Crippen molar-refractivity contribution in [2.45, 2.75) is 26.7 Å². The van der Waals surface area contributed by atoms with Crippen LogP contribution in [0.1, 0.15) is 37.1 Å². The summed E-state index contributed by atoms with van der Waals surface area (Å²) in [5.74, 6) is 0. The smallest absolute Gasteiger partial charge is 0.0426 e. The molecule has 0 bridgehead atoms. The first kappa shape index (κ1) is 12.9. The van der Waals surface area contributed by atoms with Crippen LogP contribution >= 0.6 is 11.3 Å². The van der Waals surface area contributed by atoms with Gasteiger partial charge in [0.05, 0.1) is 0 Å². The maximum absolute atomic E-state index is 3.62. The predicted octanol–water partition coefficient (Wildman–Crippen LogP) is 5.53. The summed E-state index contributed by atoms with van der Waals surface area (Å²) >= 11 is 1.78. The van der Waals surface area contributed by atoms with E-state index in [1.165, 1.54) is 21.6 Å². The summed E-state index contributed by atoms with van der Waals surface area (Å²) in [5.41, 5.74) is 7.47. The Morgan fingerprint density at radius 3 is 2.28 bits per heavy atom. The van der Waals surface area contributed by atoms with Gasteiger partial charge in [0.1, 0.15) is 0 Å². The lowest BCUT2D eigenvalue weighted by Gasteiger charge is -2.04. The number of thiophene rings is 1. The normalized spacial score (nSPS) is 9.89. The molecule has 2 rings (SSSR count). The molecule has 0 fully saturated rings. The zero-order chi connectivity index (χ0) is 12.8. The monoisotopic (exact) mass is 254 g/mol. The van der Waals surface area contributed by atoms with E-state index in [0.29, 0.717) is 0 Å². The van der Waals surface area contributed by atoms with Crippen LogP contribution in [0, 0.1) is 0 Å². The SMILES string of the molecule is CCC(=C=C(c1ccccc1)c1cccs1)CC. The third-order valence-corrected chi connectivity index (χ3v) is 3.87. The molecule has 1 heteroatoms. The van der Waals surface area contributed by atoms with Crippen LogP contribution in [0.4, 0.5) is 0 Å². The van der Waals surface area contributed by atoms with Gasteiger partial charge in [-0.3, -0.25) is 0 Å². The first-order valence-electron chi connectivity index (χ1n) is 6.43. The number of hydrogen-bond donors (Lipinski definition) is 0. The quantitative estimate of drug-likeness (QED) is 0.630. The Bertz CT molecular complexity index is 535. The van der Waals surface area contributed by atoms with Crippen molar-refractivity contribution < 1.29 is 0 Å². The molecular formula is C17H18S. The highest BCUT2D eigenvalue weighted by Gasteiger charge is 2.05. The van der Waals surface area contributed by atoms with E-state index >= 15 is 0 Å². The molecule has 1 aromatic heterocycles. The summed E-state index contributed by atoms with van der Waals surface area (Å²) in [5, 5.41) is 2.12. The molecule has 2 aromatic rings. The molecule has 0 amide bonds. The zero-order valence-corrected chi connectivity index (χ0v) is 11.8. The Morgan fingerprint density at radius 2 is 1.72 bits per heavy atom. The molecule has 0 radical (unpaired) electrons. The number of allylic oxidation sites excluding steroid dienone is 1. The van der Waals surface area contributed by atoms with E-state index in [1.54, 1.807) is 11.3 Å². The van der Waals surface area contributed by atoms with Crippen molar-refractivity contribution in [2.75, 3.05) is 0 Å². The molecule has 0 aliphatic carbocycles. The molecule has 0 N–H and O–H groups in total. The summed E-state index contributed by atoms with van der Waals surface area (Å²) in [6, 6.07) is 14.8. The molecular weight excluding hydrogens is 236 g/mol. The minimum absolute atomic E-state index is 1.07. The number of hydrogen-bond acceptors (Lipinski definition) is 1. The van der Waals surface area contributed by atoms with Gasteiger partial charge in [0.15, 0.2) is 0 Å². The van der Waals surface area contributed by atoms with Gasteiger partial charge in [-0.15, -0.1) is 17.1 Å². The Hall–Kier alpha value is -1.56. The highest BCUT2D eigenvalue weighted by Crippen LogP contribution is 2.27. The van der Waals surface area contributed by atoms with Crippen molar-refractivity contribution in [1.29, 1.82) is 0 Å². The lowest BCUT2D eigenvalue weighted by molar-refractivity contribution is 0.983. The van der Waals surface area contributed by atoms with E-state index in [2.05, 4.69) is 67.4 Å². The van der Waals surface area contributed by atoms with Crippen molar-refractivity contribution >= 4 is 16.9 Å². The molecule has 0 saturated heterocycles. The molecule has 0 nitrogen and oxygen atoms in total. The Morgan fingerprint density at radius 1 is 1.00 bits per heavy atom. The van der Waals surface area contributed by atoms with Gasteiger partial charge < -0.3 is 0 Å². The molecule has 0 aliphatic rings. The molecule has 1 aromatic carbocycles. The van der Waals surface area contributed by atoms with Crippen molar-refractivity contribution in [3.63, 3.8) is 0 Å². The van der Waals surface area contributed by atoms with Gasteiger partial charge in [0.25, 0.3) is 0 Å². The summed E-state index contributed by atoms with van der Waals surface area (Å²) < 4.78 is 0. The second-order valence-corrected chi connectivity index (χ2v) is 5.10. The number of rotatable bonds is 4. The van der Waals surface area contributed by atoms with Crippen molar-refractivity contribution in [1.82, 2.24) is 0 Å². The molecule has 1 heterocycles. The Balaban J connectivity index is 2.59. The molecule has 0 aliphatic heterocycles. The van der Waals surface area contributed by atoms with E-state index < -0.39 is 0 Å². The molecule has 0 saturated carbocycles. The Labute approximate surface area is 113 Å². The standard InChI is InChI=1S/C17H18S/c1-3-14(4-2)13-16(17-11-8-12-18-17)15-9-6-5-7-10-15/h5-12H,3-4H2,1-2H3. The van der Waals surface area contributed by atoms with Crippen LogP contribution in [-0.4, -0.2) is 0 Å². The predicted molar refractivity (Wildman–Crippen MR) is 80.9 cm³/mol. The van der Waals surface area contributed by atoms with Gasteiger partial charge in [-0.2, -0.15) is 0 Å². The van der Waals surface area contributed by atoms with Gasteiger partial charge in [-0.25, -0.2) is 0 Å². The first-order chi connectivity index (χ1) is 8.85. The molecule has 0 unspecified atom stereocenters.